The summed E-state index contributed by atoms with van der Waals surface area (Å²) >= 11 is 0. The molecule has 0 aromatic heterocycles. The number of nitrogens with two attached hydrogens (primary N) is 1. The number of nitrogens with zero attached hydrogens (tertiary/aromatic N) is 1. The highest BCUT2D eigenvalue weighted by molar-refractivity contribution is 4.89. The third kappa shape index (κ3) is 5.78. The van der Waals surface area contributed by atoms with Gasteiger partial charge in [0, 0.05) is 39.3 Å². The van der Waals surface area contributed by atoms with Crippen LogP contribution < -0.4 is 5.73 Å². The summed E-state index contributed by atoms with van der Waals surface area (Å²) in [6, 6.07) is 0. The van der Waals surface area contributed by atoms with Crippen LogP contribution in [0.3, 0.4) is 0 Å². The lowest BCUT2D eigenvalue weighted by molar-refractivity contribution is -0.129. The summed E-state index contributed by atoms with van der Waals surface area (Å²) in [5.74, 6) is 0.731. The van der Waals surface area contributed by atoms with Crippen LogP contribution in [0.5, 0.6) is 0 Å². The molecule has 0 aromatic rings. The van der Waals surface area contributed by atoms with E-state index in [2.05, 4.69) is 32.6 Å². The summed E-state index contributed by atoms with van der Waals surface area (Å²) in [6.07, 6.45) is 3.03. The molecule has 1 unspecified atom stereocenters. The molecule has 4 heteroatoms. The Bertz CT molecular complexity index is 218. The summed E-state index contributed by atoms with van der Waals surface area (Å²) in [7, 11) is 3.37. The molecule has 0 amide bonds. The predicted molar refractivity (Wildman–Crippen MR) is 81.2 cm³/mol. The van der Waals surface area contributed by atoms with Crippen molar-refractivity contribution in [1.29, 1.82) is 0 Å². The number of ether oxygens (including phenoxy) is 2. The van der Waals surface area contributed by atoms with Crippen molar-refractivity contribution >= 4 is 0 Å². The summed E-state index contributed by atoms with van der Waals surface area (Å²) in [5, 5.41) is 0. The molecule has 0 radical (unpaired) electrons. The van der Waals surface area contributed by atoms with E-state index in [1.54, 1.807) is 14.2 Å². The van der Waals surface area contributed by atoms with Gasteiger partial charge in [0.2, 0.25) is 0 Å². The standard InChI is InChI=1S/C15H34N2O2/c1-7-13(8-2)11-17(9-3)15(4,12-16)10-14(18-5)19-6/h13-14H,7-12,16H2,1-6H3. The number of hydrogen-bond donors (Lipinski definition) is 1. The molecular formula is C15H34N2O2. The van der Waals surface area contributed by atoms with Gasteiger partial charge in [-0.1, -0.05) is 33.6 Å². The summed E-state index contributed by atoms with van der Waals surface area (Å²) in [4.78, 5) is 2.48. The minimum atomic E-state index is -0.190. The molecule has 0 aromatic carbocycles. The van der Waals surface area contributed by atoms with Crippen molar-refractivity contribution in [3.05, 3.63) is 0 Å². The minimum Gasteiger partial charge on any atom is -0.356 e. The number of likely N-dealkylation sites (N-methyl/N-ethyl adjacent to an activating group) is 1. The van der Waals surface area contributed by atoms with E-state index in [1.807, 2.05) is 0 Å². The van der Waals surface area contributed by atoms with Gasteiger partial charge in [-0.2, -0.15) is 0 Å². The number of rotatable bonds is 11. The highest BCUT2D eigenvalue weighted by Gasteiger charge is 2.33. The molecule has 0 aliphatic rings. The minimum absolute atomic E-state index is 0.0754. The first-order valence-corrected chi connectivity index (χ1v) is 7.51. The Morgan fingerprint density at radius 1 is 1.11 bits per heavy atom. The molecular weight excluding hydrogens is 240 g/mol. The molecule has 0 bridgehead atoms. The Balaban J connectivity index is 4.82. The SMILES string of the molecule is CCC(CC)CN(CC)C(C)(CN)CC(OC)OC. The molecule has 0 fully saturated rings. The Morgan fingerprint density at radius 3 is 1.95 bits per heavy atom. The van der Waals surface area contributed by atoms with Crippen LogP contribution in [0.2, 0.25) is 0 Å². The van der Waals surface area contributed by atoms with Crippen LogP contribution in [-0.4, -0.2) is 50.6 Å². The maximum atomic E-state index is 6.05. The van der Waals surface area contributed by atoms with Crippen LogP contribution in [0, 0.1) is 5.92 Å². The molecule has 0 aliphatic carbocycles. The molecule has 19 heavy (non-hydrogen) atoms. The summed E-state index contributed by atoms with van der Waals surface area (Å²) < 4.78 is 10.7. The molecule has 0 heterocycles. The van der Waals surface area contributed by atoms with E-state index in [0.717, 1.165) is 25.4 Å². The molecule has 0 saturated heterocycles. The Morgan fingerprint density at radius 2 is 1.63 bits per heavy atom. The van der Waals surface area contributed by atoms with Crippen LogP contribution in [0.15, 0.2) is 0 Å². The summed E-state index contributed by atoms with van der Waals surface area (Å²) in [6.45, 7) is 11.6. The second-order valence-electron chi connectivity index (χ2n) is 5.53. The molecule has 0 spiro atoms. The number of hydrogen-bond acceptors (Lipinski definition) is 4. The van der Waals surface area contributed by atoms with Crippen molar-refractivity contribution in [3.63, 3.8) is 0 Å². The van der Waals surface area contributed by atoms with Crippen molar-refractivity contribution in [2.75, 3.05) is 33.9 Å². The fraction of sp³-hybridized carbons (Fsp3) is 1.00. The molecule has 4 nitrogen and oxygen atoms in total. The van der Waals surface area contributed by atoms with E-state index in [9.17, 15) is 0 Å². The van der Waals surface area contributed by atoms with E-state index >= 15 is 0 Å². The van der Waals surface area contributed by atoms with Crippen molar-refractivity contribution < 1.29 is 9.47 Å². The molecule has 1 atom stereocenters. The van der Waals surface area contributed by atoms with Gasteiger partial charge in [-0.3, -0.25) is 4.90 Å². The normalized spacial score (nSPS) is 15.5. The van der Waals surface area contributed by atoms with Gasteiger partial charge in [0.15, 0.2) is 6.29 Å². The van der Waals surface area contributed by atoms with E-state index < -0.39 is 0 Å². The highest BCUT2D eigenvalue weighted by Crippen LogP contribution is 2.24. The molecule has 0 rings (SSSR count). The maximum absolute atomic E-state index is 6.05. The monoisotopic (exact) mass is 274 g/mol. The zero-order valence-electron chi connectivity index (χ0n) is 13.7. The third-order valence-electron chi connectivity index (χ3n) is 4.35. The van der Waals surface area contributed by atoms with E-state index in [0.29, 0.717) is 6.54 Å². The smallest absolute Gasteiger partial charge is 0.158 e. The van der Waals surface area contributed by atoms with E-state index in [1.165, 1.54) is 12.8 Å². The van der Waals surface area contributed by atoms with Gasteiger partial charge in [0.1, 0.15) is 0 Å². The van der Waals surface area contributed by atoms with Gasteiger partial charge in [0.05, 0.1) is 0 Å². The maximum Gasteiger partial charge on any atom is 0.158 e. The molecule has 0 aliphatic heterocycles. The van der Waals surface area contributed by atoms with Gasteiger partial charge < -0.3 is 15.2 Å². The lowest BCUT2D eigenvalue weighted by Gasteiger charge is -2.43. The molecule has 116 valence electrons. The molecule has 0 saturated carbocycles. The average molecular weight is 274 g/mol. The van der Waals surface area contributed by atoms with Crippen LogP contribution in [0.25, 0.3) is 0 Å². The van der Waals surface area contributed by atoms with Crippen LogP contribution in [0.1, 0.15) is 47.0 Å². The Kier molecular flexibility index (Phi) is 9.62. The Hall–Kier alpha value is -0.160. The highest BCUT2D eigenvalue weighted by atomic mass is 16.7. The quantitative estimate of drug-likeness (QED) is 0.588. The fourth-order valence-electron chi connectivity index (χ4n) is 2.55. The second-order valence-corrected chi connectivity index (χ2v) is 5.53. The van der Waals surface area contributed by atoms with Crippen molar-refractivity contribution in [1.82, 2.24) is 4.90 Å². The third-order valence-corrected chi connectivity index (χ3v) is 4.35. The van der Waals surface area contributed by atoms with Gasteiger partial charge in [-0.25, -0.2) is 0 Å². The largest absolute Gasteiger partial charge is 0.356 e. The fourth-order valence-corrected chi connectivity index (χ4v) is 2.55. The Labute approximate surface area is 119 Å². The lowest BCUT2D eigenvalue weighted by atomic mass is 9.92. The van der Waals surface area contributed by atoms with E-state index in [4.69, 9.17) is 15.2 Å². The second kappa shape index (κ2) is 9.70. The first kappa shape index (κ1) is 18.8. The zero-order chi connectivity index (χ0) is 14.9. The van der Waals surface area contributed by atoms with Crippen LogP contribution in [0.4, 0.5) is 0 Å². The van der Waals surface area contributed by atoms with Gasteiger partial charge in [-0.05, 0) is 19.4 Å². The van der Waals surface area contributed by atoms with E-state index in [-0.39, 0.29) is 11.8 Å². The average Bonchev–Trinajstić information content (AvgIpc) is 2.45. The van der Waals surface area contributed by atoms with Crippen molar-refractivity contribution in [2.24, 2.45) is 11.7 Å². The lowest BCUT2D eigenvalue weighted by Crippen LogP contribution is -2.55. The van der Waals surface area contributed by atoms with Crippen LogP contribution >= 0.6 is 0 Å². The predicted octanol–water partition coefficient (Wildman–Crippen LogP) is 2.47. The van der Waals surface area contributed by atoms with Crippen molar-refractivity contribution in [2.45, 2.75) is 58.8 Å². The topological polar surface area (TPSA) is 47.7 Å². The van der Waals surface area contributed by atoms with Gasteiger partial charge in [-0.15, -0.1) is 0 Å². The van der Waals surface area contributed by atoms with Gasteiger partial charge >= 0.3 is 0 Å². The van der Waals surface area contributed by atoms with Crippen LogP contribution in [-0.2, 0) is 9.47 Å². The zero-order valence-corrected chi connectivity index (χ0v) is 13.7. The van der Waals surface area contributed by atoms with Gasteiger partial charge in [0.25, 0.3) is 0 Å². The van der Waals surface area contributed by atoms with Crippen molar-refractivity contribution in [3.8, 4) is 0 Å². The first-order chi connectivity index (χ1) is 9.00. The molecule has 2 N–H and O–H groups in total. The summed E-state index contributed by atoms with van der Waals surface area (Å²) in [5.41, 5.74) is 5.97. The number of methoxy groups -OCH3 is 2. The first-order valence-electron chi connectivity index (χ1n) is 7.51.